The van der Waals surface area contributed by atoms with Crippen LogP contribution in [0, 0.1) is 0 Å². The maximum absolute atomic E-state index is 9.53. The van der Waals surface area contributed by atoms with Crippen molar-refractivity contribution in [1.82, 2.24) is 10.4 Å². The van der Waals surface area contributed by atoms with Gasteiger partial charge >= 0.3 is 0 Å². The Kier molecular flexibility index (Phi) is 2.39. The first kappa shape index (κ1) is 9.43. The lowest BCUT2D eigenvalue weighted by Gasteiger charge is -2.17. The van der Waals surface area contributed by atoms with Crippen molar-refractivity contribution in [1.29, 1.82) is 0 Å². The number of nitrogens with one attached hydrogen (secondary N) is 1. The zero-order valence-electron chi connectivity index (χ0n) is 7.84. The third-order valence-corrected chi connectivity index (χ3v) is 2.82. The van der Waals surface area contributed by atoms with E-state index >= 15 is 0 Å². The van der Waals surface area contributed by atoms with Crippen LogP contribution in [-0.2, 0) is 0 Å². The molecule has 0 amide bonds. The highest BCUT2D eigenvalue weighted by atomic mass is 32.1. The first-order chi connectivity index (χ1) is 6.70. The van der Waals surface area contributed by atoms with Gasteiger partial charge in [0, 0.05) is 0 Å². The summed E-state index contributed by atoms with van der Waals surface area (Å²) in [6.07, 6.45) is 0. The number of rotatable bonds is 1. The molecule has 4 heteroatoms. The van der Waals surface area contributed by atoms with Gasteiger partial charge in [-0.1, -0.05) is 30.3 Å². The molecule has 1 aromatic carbocycles. The van der Waals surface area contributed by atoms with Crippen molar-refractivity contribution in [3.8, 4) is 0 Å². The van der Waals surface area contributed by atoms with Crippen LogP contribution < -0.4 is 5.32 Å². The minimum atomic E-state index is -0.0232. The largest absolute Gasteiger partial charge is 0.352 e. The van der Waals surface area contributed by atoms with Crippen molar-refractivity contribution in [3.05, 3.63) is 35.9 Å². The molecule has 74 valence electrons. The van der Waals surface area contributed by atoms with Gasteiger partial charge in [-0.2, -0.15) is 0 Å². The van der Waals surface area contributed by atoms with E-state index in [1.54, 1.807) is 0 Å². The predicted molar refractivity (Wildman–Crippen MR) is 58.0 cm³/mol. The van der Waals surface area contributed by atoms with Crippen LogP contribution in [0.15, 0.2) is 30.3 Å². The molecule has 0 aliphatic carbocycles. The number of hydrogen-bond acceptors (Lipinski definition) is 2. The highest BCUT2D eigenvalue weighted by Gasteiger charge is 2.33. The Morgan fingerprint density at radius 2 is 2.00 bits per heavy atom. The second-order valence-electron chi connectivity index (χ2n) is 3.42. The molecule has 2 atom stereocenters. The maximum atomic E-state index is 9.53. The molecule has 2 unspecified atom stereocenters. The molecule has 0 radical (unpaired) electrons. The van der Waals surface area contributed by atoms with E-state index in [0.717, 1.165) is 10.6 Å². The average molecular weight is 208 g/mol. The van der Waals surface area contributed by atoms with Crippen LogP contribution in [0.25, 0.3) is 0 Å². The van der Waals surface area contributed by atoms with E-state index in [9.17, 15) is 5.21 Å². The summed E-state index contributed by atoms with van der Waals surface area (Å²) in [5, 5.41) is 14.1. The Hall–Kier alpha value is -1.13. The van der Waals surface area contributed by atoms with Crippen molar-refractivity contribution in [2.45, 2.75) is 19.0 Å². The van der Waals surface area contributed by atoms with Crippen LogP contribution in [0.3, 0.4) is 0 Å². The summed E-state index contributed by atoms with van der Waals surface area (Å²) in [6.45, 7) is 1.93. The molecule has 0 saturated carbocycles. The highest BCUT2D eigenvalue weighted by Crippen LogP contribution is 2.25. The Labute approximate surface area is 88.3 Å². The van der Waals surface area contributed by atoms with Crippen LogP contribution in [0.2, 0.25) is 0 Å². The van der Waals surface area contributed by atoms with Gasteiger partial charge in [0.1, 0.15) is 0 Å². The van der Waals surface area contributed by atoms with E-state index < -0.39 is 0 Å². The minimum absolute atomic E-state index is 0.0232. The maximum Gasteiger partial charge on any atom is 0.193 e. The molecule has 3 nitrogen and oxygen atoms in total. The Balaban J connectivity index is 2.26. The first-order valence-electron chi connectivity index (χ1n) is 4.53. The molecule has 1 aromatic rings. The van der Waals surface area contributed by atoms with Gasteiger partial charge in [-0.3, -0.25) is 5.21 Å². The zero-order valence-corrected chi connectivity index (χ0v) is 8.66. The Morgan fingerprint density at radius 1 is 1.36 bits per heavy atom. The standard InChI is InChI=1S/C10H12N2OS/c1-7-9(11-10(14)12(7)13)8-5-3-2-4-6-8/h2-7,9,13H,1H3,(H,11,14). The number of nitrogens with zero attached hydrogens (tertiary/aromatic N) is 1. The first-order valence-corrected chi connectivity index (χ1v) is 4.94. The fourth-order valence-corrected chi connectivity index (χ4v) is 1.96. The van der Waals surface area contributed by atoms with E-state index in [1.165, 1.54) is 0 Å². The van der Waals surface area contributed by atoms with Crippen molar-refractivity contribution in [2.24, 2.45) is 0 Å². The molecule has 2 N–H and O–H groups in total. The number of hydrogen-bond donors (Lipinski definition) is 2. The lowest BCUT2D eigenvalue weighted by molar-refractivity contribution is -0.0373. The molecule has 1 heterocycles. The molecule has 1 aliphatic heterocycles. The summed E-state index contributed by atoms with van der Waals surface area (Å²) in [4.78, 5) is 0. The third kappa shape index (κ3) is 1.47. The molecule has 1 fully saturated rings. The van der Waals surface area contributed by atoms with E-state index in [2.05, 4.69) is 5.32 Å². The van der Waals surface area contributed by atoms with Crippen LogP contribution >= 0.6 is 12.2 Å². The van der Waals surface area contributed by atoms with Crippen molar-refractivity contribution in [2.75, 3.05) is 0 Å². The van der Waals surface area contributed by atoms with Crippen LogP contribution in [0.1, 0.15) is 18.5 Å². The summed E-state index contributed by atoms with van der Waals surface area (Å²) in [5.74, 6) is 0. The number of thiocarbonyl (C=S) groups is 1. The van der Waals surface area contributed by atoms with Gasteiger partial charge in [-0.25, -0.2) is 5.06 Å². The van der Waals surface area contributed by atoms with Gasteiger partial charge in [0.05, 0.1) is 12.1 Å². The fourth-order valence-electron chi connectivity index (χ4n) is 1.67. The summed E-state index contributed by atoms with van der Waals surface area (Å²) < 4.78 is 0. The van der Waals surface area contributed by atoms with Gasteiger partial charge in [0.25, 0.3) is 0 Å². The third-order valence-electron chi connectivity index (χ3n) is 2.51. The summed E-state index contributed by atoms with van der Waals surface area (Å²) in [6, 6.07) is 10.0. The smallest absolute Gasteiger partial charge is 0.193 e. The minimum Gasteiger partial charge on any atom is -0.352 e. The molecule has 14 heavy (non-hydrogen) atoms. The molecular weight excluding hydrogens is 196 g/mol. The molecule has 0 spiro atoms. The van der Waals surface area contributed by atoms with E-state index in [1.807, 2.05) is 37.3 Å². The Bertz CT molecular complexity index is 341. The van der Waals surface area contributed by atoms with Crippen molar-refractivity contribution < 1.29 is 5.21 Å². The van der Waals surface area contributed by atoms with Gasteiger partial charge < -0.3 is 5.32 Å². The molecule has 1 saturated heterocycles. The monoisotopic (exact) mass is 208 g/mol. The molecule has 0 aromatic heterocycles. The summed E-state index contributed by atoms with van der Waals surface area (Å²) in [5.41, 5.74) is 1.14. The topological polar surface area (TPSA) is 35.5 Å². The van der Waals surface area contributed by atoms with Gasteiger partial charge in [-0.05, 0) is 24.7 Å². The van der Waals surface area contributed by atoms with Crippen LogP contribution in [0.4, 0.5) is 0 Å². The Morgan fingerprint density at radius 3 is 2.50 bits per heavy atom. The zero-order chi connectivity index (χ0) is 10.1. The summed E-state index contributed by atoms with van der Waals surface area (Å²) >= 11 is 4.96. The van der Waals surface area contributed by atoms with E-state index in [0.29, 0.717) is 5.11 Å². The normalized spacial score (nSPS) is 26.4. The number of benzene rings is 1. The predicted octanol–water partition coefficient (Wildman–Crippen LogP) is 1.70. The lowest BCUT2D eigenvalue weighted by atomic mass is 10.0. The SMILES string of the molecule is CC1C(c2ccccc2)NC(=S)N1O. The van der Waals surface area contributed by atoms with Gasteiger partial charge in [0.15, 0.2) is 5.11 Å². The van der Waals surface area contributed by atoms with Crippen molar-refractivity contribution >= 4 is 17.3 Å². The molecule has 2 rings (SSSR count). The molecular formula is C10H12N2OS. The average Bonchev–Trinajstić information content (AvgIpc) is 2.47. The second kappa shape index (κ2) is 3.55. The van der Waals surface area contributed by atoms with Gasteiger partial charge in [-0.15, -0.1) is 0 Å². The second-order valence-corrected chi connectivity index (χ2v) is 3.81. The molecule has 1 aliphatic rings. The van der Waals surface area contributed by atoms with Crippen LogP contribution in [0.5, 0.6) is 0 Å². The van der Waals surface area contributed by atoms with Crippen LogP contribution in [-0.4, -0.2) is 21.4 Å². The van der Waals surface area contributed by atoms with Crippen molar-refractivity contribution in [3.63, 3.8) is 0 Å². The highest BCUT2D eigenvalue weighted by molar-refractivity contribution is 7.80. The lowest BCUT2D eigenvalue weighted by Crippen LogP contribution is -2.28. The van der Waals surface area contributed by atoms with E-state index in [-0.39, 0.29) is 12.1 Å². The molecule has 0 bridgehead atoms. The summed E-state index contributed by atoms with van der Waals surface area (Å²) in [7, 11) is 0. The fraction of sp³-hybridized carbons (Fsp3) is 0.300. The quantitative estimate of drug-likeness (QED) is 0.689. The van der Waals surface area contributed by atoms with Gasteiger partial charge in [0.2, 0.25) is 0 Å². The number of hydroxylamine groups is 2. The van der Waals surface area contributed by atoms with E-state index in [4.69, 9.17) is 12.2 Å².